The summed E-state index contributed by atoms with van der Waals surface area (Å²) < 4.78 is 31.1. The molecule has 1 aromatic carbocycles. The summed E-state index contributed by atoms with van der Waals surface area (Å²) in [5.74, 6) is 0.0542. The Hall–Kier alpha value is -0.950. The largest absolute Gasteiger partial charge is 0.384 e. The topological polar surface area (TPSA) is 49.9 Å². The van der Waals surface area contributed by atoms with Crippen molar-refractivity contribution in [1.82, 2.24) is 9.21 Å². The van der Waals surface area contributed by atoms with Crippen molar-refractivity contribution in [2.24, 2.45) is 0 Å². The smallest absolute Gasteiger partial charge is 0.216 e. The first-order chi connectivity index (χ1) is 10.9. The van der Waals surface area contributed by atoms with Gasteiger partial charge in [0.05, 0.1) is 12.4 Å². The maximum Gasteiger partial charge on any atom is 0.216 e. The van der Waals surface area contributed by atoms with E-state index in [1.165, 1.54) is 12.7 Å². The molecule has 1 aromatic rings. The summed E-state index contributed by atoms with van der Waals surface area (Å²) in [5, 5.41) is 0. The Morgan fingerprint density at radius 3 is 2.61 bits per heavy atom. The van der Waals surface area contributed by atoms with E-state index in [1.54, 1.807) is 11.4 Å². The summed E-state index contributed by atoms with van der Waals surface area (Å²) in [6, 6.07) is 10.9. The van der Waals surface area contributed by atoms with E-state index in [0.29, 0.717) is 6.04 Å². The van der Waals surface area contributed by atoms with Crippen LogP contribution >= 0.6 is 0 Å². The molecule has 23 heavy (non-hydrogen) atoms. The van der Waals surface area contributed by atoms with Crippen LogP contribution in [0.25, 0.3) is 0 Å². The van der Waals surface area contributed by atoms with Crippen molar-refractivity contribution in [2.45, 2.75) is 38.4 Å². The molecule has 1 aliphatic rings. The highest BCUT2D eigenvalue weighted by molar-refractivity contribution is 7.89. The first-order valence-electron chi connectivity index (χ1n) is 8.16. The standard InChI is InChI=1S/C17H28N2O3S/c1-15-13-17(18(2)23(20,21)12-11-22-3)9-10-19(15)14-16-7-5-4-6-8-16/h4-8,15,17H,9-14H2,1-3H3/t15-,17-/m0/s1. The predicted molar refractivity (Wildman–Crippen MR) is 92.8 cm³/mol. The minimum atomic E-state index is -3.23. The molecule has 6 heteroatoms. The van der Waals surface area contributed by atoms with Gasteiger partial charge in [-0.3, -0.25) is 4.90 Å². The van der Waals surface area contributed by atoms with Crippen LogP contribution < -0.4 is 0 Å². The van der Waals surface area contributed by atoms with Crippen molar-refractivity contribution in [3.8, 4) is 0 Å². The molecule has 2 atom stereocenters. The SMILES string of the molecule is COCCS(=O)(=O)N(C)[C@H]1CCN(Cc2ccccc2)[C@@H](C)C1. The van der Waals surface area contributed by atoms with Gasteiger partial charge in [0.1, 0.15) is 0 Å². The van der Waals surface area contributed by atoms with Crippen molar-refractivity contribution in [2.75, 3.05) is 33.1 Å². The summed E-state index contributed by atoms with van der Waals surface area (Å²) in [4.78, 5) is 2.43. The second-order valence-electron chi connectivity index (χ2n) is 6.31. The zero-order chi connectivity index (χ0) is 16.9. The Morgan fingerprint density at radius 1 is 1.30 bits per heavy atom. The molecule has 1 heterocycles. The second kappa shape index (κ2) is 8.24. The van der Waals surface area contributed by atoms with Crippen molar-refractivity contribution >= 4 is 10.0 Å². The lowest BCUT2D eigenvalue weighted by molar-refractivity contribution is 0.108. The summed E-state index contributed by atoms with van der Waals surface area (Å²) >= 11 is 0. The highest BCUT2D eigenvalue weighted by atomic mass is 32.2. The summed E-state index contributed by atoms with van der Waals surface area (Å²) in [6.07, 6.45) is 1.75. The molecule has 2 rings (SSSR count). The zero-order valence-corrected chi connectivity index (χ0v) is 15.1. The van der Waals surface area contributed by atoms with E-state index in [2.05, 4.69) is 36.1 Å². The fourth-order valence-electron chi connectivity index (χ4n) is 3.14. The quantitative estimate of drug-likeness (QED) is 0.761. The fourth-order valence-corrected chi connectivity index (χ4v) is 4.45. The molecule has 1 saturated heterocycles. The molecule has 5 nitrogen and oxygen atoms in total. The second-order valence-corrected chi connectivity index (χ2v) is 8.46. The third-order valence-electron chi connectivity index (χ3n) is 4.71. The van der Waals surface area contributed by atoms with Gasteiger partial charge in [0.25, 0.3) is 0 Å². The lowest BCUT2D eigenvalue weighted by Gasteiger charge is -2.40. The fraction of sp³-hybridized carbons (Fsp3) is 0.647. The van der Waals surface area contributed by atoms with Gasteiger partial charge in [0.15, 0.2) is 0 Å². The molecule has 0 saturated carbocycles. The van der Waals surface area contributed by atoms with Crippen molar-refractivity contribution in [1.29, 1.82) is 0 Å². The number of ether oxygens (including phenoxy) is 1. The first kappa shape index (κ1) is 18.4. The van der Waals surface area contributed by atoms with E-state index in [1.807, 2.05) is 6.07 Å². The van der Waals surface area contributed by atoms with Crippen LogP contribution in [0.4, 0.5) is 0 Å². The van der Waals surface area contributed by atoms with E-state index >= 15 is 0 Å². The molecule has 130 valence electrons. The van der Waals surface area contributed by atoms with E-state index in [4.69, 9.17) is 4.74 Å². The molecule has 0 unspecified atom stereocenters. The number of sulfonamides is 1. The van der Waals surface area contributed by atoms with Crippen LogP contribution in [0, 0.1) is 0 Å². The van der Waals surface area contributed by atoms with E-state index < -0.39 is 10.0 Å². The Balaban J connectivity index is 1.93. The lowest BCUT2D eigenvalue weighted by Crippen LogP contribution is -2.49. The molecule has 0 bridgehead atoms. The maximum atomic E-state index is 12.3. The van der Waals surface area contributed by atoms with E-state index in [-0.39, 0.29) is 18.4 Å². The normalized spacial score (nSPS) is 23.3. The average Bonchev–Trinajstić information content (AvgIpc) is 2.55. The van der Waals surface area contributed by atoms with E-state index in [9.17, 15) is 8.42 Å². The predicted octanol–water partition coefficient (Wildman–Crippen LogP) is 1.95. The van der Waals surface area contributed by atoms with Gasteiger partial charge in [0.2, 0.25) is 10.0 Å². The highest BCUT2D eigenvalue weighted by Crippen LogP contribution is 2.24. The minimum Gasteiger partial charge on any atom is -0.384 e. The number of methoxy groups -OCH3 is 1. The number of hydrogen-bond donors (Lipinski definition) is 0. The Bertz CT molecular complexity index is 577. The Kier molecular flexibility index (Phi) is 6.59. The van der Waals surface area contributed by atoms with Gasteiger partial charge in [0, 0.05) is 39.3 Å². The monoisotopic (exact) mass is 340 g/mol. The third kappa shape index (κ3) is 5.01. The van der Waals surface area contributed by atoms with Crippen LogP contribution in [0.1, 0.15) is 25.3 Å². The summed E-state index contributed by atoms with van der Waals surface area (Å²) in [5.41, 5.74) is 1.30. The van der Waals surface area contributed by atoms with Gasteiger partial charge in [-0.05, 0) is 25.3 Å². The number of piperidine rings is 1. The molecule has 0 aromatic heterocycles. The van der Waals surface area contributed by atoms with Crippen LogP contribution in [0.2, 0.25) is 0 Å². The van der Waals surface area contributed by atoms with Gasteiger partial charge in [-0.25, -0.2) is 12.7 Å². The number of hydrogen-bond acceptors (Lipinski definition) is 4. The van der Waals surface area contributed by atoms with Crippen LogP contribution in [0.15, 0.2) is 30.3 Å². The summed E-state index contributed by atoms with van der Waals surface area (Å²) in [7, 11) is -0.000985. The van der Waals surface area contributed by atoms with Crippen LogP contribution in [-0.2, 0) is 21.3 Å². The molecule has 0 aliphatic carbocycles. The Labute approximate surface area is 140 Å². The van der Waals surface area contributed by atoms with Gasteiger partial charge >= 0.3 is 0 Å². The average molecular weight is 340 g/mol. The van der Waals surface area contributed by atoms with Crippen LogP contribution in [0.3, 0.4) is 0 Å². The number of rotatable bonds is 7. The molecule has 1 fully saturated rings. The van der Waals surface area contributed by atoms with Crippen molar-refractivity contribution in [3.05, 3.63) is 35.9 Å². The molecule has 1 aliphatic heterocycles. The Morgan fingerprint density at radius 2 is 2.00 bits per heavy atom. The van der Waals surface area contributed by atoms with Crippen LogP contribution in [0.5, 0.6) is 0 Å². The zero-order valence-electron chi connectivity index (χ0n) is 14.3. The van der Waals surface area contributed by atoms with E-state index in [0.717, 1.165) is 25.9 Å². The highest BCUT2D eigenvalue weighted by Gasteiger charge is 2.32. The van der Waals surface area contributed by atoms with Gasteiger partial charge in [-0.2, -0.15) is 0 Å². The number of likely N-dealkylation sites (tertiary alicyclic amines) is 1. The number of benzene rings is 1. The molecule has 0 spiro atoms. The van der Waals surface area contributed by atoms with Gasteiger partial charge in [-0.15, -0.1) is 0 Å². The van der Waals surface area contributed by atoms with Gasteiger partial charge in [-0.1, -0.05) is 30.3 Å². The first-order valence-corrected chi connectivity index (χ1v) is 9.77. The van der Waals surface area contributed by atoms with Gasteiger partial charge < -0.3 is 4.74 Å². The molecule has 0 N–H and O–H groups in total. The molecular formula is C17H28N2O3S. The number of nitrogens with zero attached hydrogens (tertiary/aromatic N) is 2. The maximum absolute atomic E-state index is 12.3. The summed E-state index contributed by atoms with van der Waals surface area (Å²) in [6.45, 7) is 4.28. The van der Waals surface area contributed by atoms with Crippen molar-refractivity contribution in [3.63, 3.8) is 0 Å². The minimum absolute atomic E-state index is 0.0542. The molecule has 0 amide bonds. The van der Waals surface area contributed by atoms with Crippen molar-refractivity contribution < 1.29 is 13.2 Å². The molecular weight excluding hydrogens is 312 g/mol. The van der Waals surface area contributed by atoms with Crippen LogP contribution in [-0.4, -0.2) is 62.8 Å². The molecule has 0 radical (unpaired) electrons. The lowest BCUT2D eigenvalue weighted by atomic mass is 9.98. The third-order valence-corrected chi connectivity index (χ3v) is 6.57.